The maximum absolute atomic E-state index is 11.0. The number of carboxylic acid groups (broad SMARTS) is 1. The Bertz CT molecular complexity index is 241. The molecule has 18 heavy (non-hydrogen) atoms. The second kappa shape index (κ2) is 8.48. The second-order valence-electron chi connectivity index (χ2n) is 5.29. The number of aliphatic carboxylic acids is 1. The largest absolute Gasteiger partial charge is 0.480 e. The third-order valence-corrected chi connectivity index (χ3v) is 3.49. The fourth-order valence-electron chi connectivity index (χ4n) is 1.98. The first-order valence-electron chi connectivity index (χ1n) is 7.23. The van der Waals surface area contributed by atoms with Crippen LogP contribution in [0, 0.1) is 5.92 Å². The summed E-state index contributed by atoms with van der Waals surface area (Å²) in [5.41, 5.74) is 0. The topological polar surface area (TPSA) is 58.6 Å². The van der Waals surface area contributed by atoms with Crippen molar-refractivity contribution in [2.24, 2.45) is 5.92 Å². The Morgan fingerprint density at radius 1 is 1.39 bits per heavy atom. The van der Waals surface area contributed by atoms with E-state index in [9.17, 15) is 4.79 Å². The highest BCUT2D eigenvalue weighted by Gasteiger charge is 2.28. The third kappa shape index (κ3) is 6.36. The molecule has 0 heterocycles. The highest BCUT2D eigenvalue weighted by Crippen LogP contribution is 2.19. The molecule has 1 rings (SSSR count). The van der Waals surface area contributed by atoms with E-state index in [1.54, 1.807) is 0 Å². The molecule has 1 aliphatic carbocycles. The number of hydrogen-bond acceptors (Lipinski definition) is 3. The van der Waals surface area contributed by atoms with Gasteiger partial charge >= 0.3 is 5.97 Å². The zero-order chi connectivity index (χ0) is 13.4. The summed E-state index contributed by atoms with van der Waals surface area (Å²) >= 11 is 0. The SMILES string of the molecule is CCCCC(CC)COCC(NC1CC1)C(=O)O. The smallest absolute Gasteiger partial charge is 0.323 e. The fraction of sp³-hybridized carbons (Fsp3) is 0.929. The minimum absolute atomic E-state index is 0.286. The molecule has 4 heteroatoms. The Hall–Kier alpha value is -0.610. The molecule has 106 valence electrons. The van der Waals surface area contributed by atoms with Crippen molar-refractivity contribution in [3.63, 3.8) is 0 Å². The van der Waals surface area contributed by atoms with Crippen LogP contribution in [-0.4, -0.2) is 36.4 Å². The summed E-state index contributed by atoms with van der Waals surface area (Å²) in [6.07, 6.45) is 6.91. The molecule has 0 aromatic carbocycles. The highest BCUT2D eigenvalue weighted by molar-refractivity contribution is 5.73. The summed E-state index contributed by atoms with van der Waals surface area (Å²) in [5, 5.41) is 12.2. The predicted molar refractivity (Wildman–Crippen MR) is 71.7 cm³/mol. The molecule has 1 aliphatic rings. The van der Waals surface area contributed by atoms with Gasteiger partial charge in [0.2, 0.25) is 0 Å². The Balaban J connectivity index is 2.17. The molecular weight excluding hydrogens is 230 g/mol. The van der Waals surface area contributed by atoms with Gasteiger partial charge in [-0.3, -0.25) is 10.1 Å². The van der Waals surface area contributed by atoms with Gasteiger partial charge in [0.25, 0.3) is 0 Å². The lowest BCUT2D eigenvalue weighted by molar-refractivity contribution is -0.141. The van der Waals surface area contributed by atoms with Crippen molar-refractivity contribution >= 4 is 5.97 Å². The minimum atomic E-state index is -0.802. The molecule has 2 unspecified atom stereocenters. The molecule has 0 saturated heterocycles. The number of hydrogen-bond donors (Lipinski definition) is 2. The zero-order valence-corrected chi connectivity index (χ0v) is 11.7. The number of unbranched alkanes of at least 4 members (excludes halogenated alkanes) is 1. The van der Waals surface area contributed by atoms with E-state index in [1.807, 2.05) is 0 Å². The third-order valence-electron chi connectivity index (χ3n) is 3.49. The van der Waals surface area contributed by atoms with Gasteiger partial charge in [0.1, 0.15) is 6.04 Å². The molecule has 0 radical (unpaired) electrons. The Kier molecular flexibility index (Phi) is 7.28. The summed E-state index contributed by atoms with van der Waals surface area (Å²) in [5.74, 6) is -0.233. The first-order chi connectivity index (χ1) is 8.67. The predicted octanol–water partition coefficient (Wildman–Crippen LogP) is 2.42. The van der Waals surface area contributed by atoms with Gasteiger partial charge in [-0.15, -0.1) is 0 Å². The molecule has 0 spiro atoms. The molecular formula is C14H27NO3. The molecule has 0 bridgehead atoms. The van der Waals surface area contributed by atoms with Crippen molar-refractivity contribution in [1.29, 1.82) is 0 Å². The van der Waals surface area contributed by atoms with Crippen molar-refractivity contribution in [1.82, 2.24) is 5.32 Å². The number of ether oxygens (including phenoxy) is 1. The van der Waals surface area contributed by atoms with Crippen molar-refractivity contribution in [2.75, 3.05) is 13.2 Å². The van der Waals surface area contributed by atoms with Crippen LogP contribution in [0.1, 0.15) is 52.4 Å². The first kappa shape index (κ1) is 15.4. The average molecular weight is 257 g/mol. The van der Waals surface area contributed by atoms with Gasteiger partial charge < -0.3 is 9.84 Å². The molecule has 0 aliphatic heterocycles. The van der Waals surface area contributed by atoms with Crippen LogP contribution in [-0.2, 0) is 9.53 Å². The van der Waals surface area contributed by atoms with E-state index in [4.69, 9.17) is 9.84 Å². The summed E-state index contributed by atoms with van der Waals surface area (Å²) < 4.78 is 5.59. The van der Waals surface area contributed by atoms with Crippen LogP contribution in [0.15, 0.2) is 0 Å². The van der Waals surface area contributed by atoms with E-state index in [0.29, 0.717) is 18.6 Å². The van der Waals surface area contributed by atoms with E-state index in [2.05, 4.69) is 19.2 Å². The Labute approximate surface area is 110 Å². The van der Waals surface area contributed by atoms with Crippen molar-refractivity contribution in [3.8, 4) is 0 Å². The Morgan fingerprint density at radius 2 is 2.11 bits per heavy atom. The number of nitrogens with one attached hydrogen (secondary N) is 1. The first-order valence-corrected chi connectivity index (χ1v) is 7.23. The van der Waals surface area contributed by atoms with E-state index >= 15 is 0 Å². The molecule has 4 nitrogen and oxygen atoms in total. The molecule has 0 aromatic heterocycles. The summed E-state index contributed by atoms with van der Waals surface area (Å²) in [7, 11) is 0. The van der Waals surface area contributed by atoms with E-state index < -0.39 is 12.0 Å². The quantitative estimate of drug-likeness (QED) is 0.597. The maximum Gasteiger partial charge on any atom is 0.323 e. The lowest BCUT2D eigenvalue weighted by atomic mass is 10.0. The summed E-state index contributed by atoms with van der Waals surface area (Å²) in [4.78, 5) is 11.0. The zero-order valence-electron chi connectivity index (χ0n) is 11.7. The van der Waals surface area contributed by atoms with Gasteiger partial charge in [-0.05, 0) is 25.2 Å². The summed E-state index contributed by atoms with van der Waals surface area (Å²) in [6, 6.07) is -0.141. The Morgan fingerprint density at radius 3 is 2.61 bits per heavy atom. The number of carboxylic acids is 1. The van der Waals surface area contributed by atoms with Crippen LogP contribution in [0.25, 0.3) is 0 Å². The molecule has 2 N–H and O–H groups in total. The van der Waals surface area contributed by atoms with Gasteiger partial charge in [-0.2, -0.15) is 0 Å². The molecule has 0 aromatic rings. The second-order valence-corrected chi connectivity index (χ2v) is 5.29. The van der Waals surface area contributed by atoms with Crippen LogP contribution >= 0.6 is 0 Å². The van der Waals surface area contributed by atoms with E-state index in [1.165, 1.54) is 19.3 Å². The minimum Gasteiger partial charge on any atom is -0.480 e. The molecule has 0 amide bonds. The number of carbonyl (C=O) groups is 1. The van der Waals surface area contributed by atoms with E-state index in [0.717, 1.165) is 19.3 Å². The summed E-state index contributed by atoms with van der Waals surface area (Å²) in [6.45, 7) is 5.33. The van der Waals surface area contributed by atoms with Crippen molar-refractivity contribution in [3.05, 3.63) is 0 Å². The van der Waals surface area contributed by atoms with Gasteiger partial charge in [0, 0.05) is 12.6 Å². The lowest BCUT2D eigenvalue weighted by Crippen LogP contribution is -2.42. The van der Waals surface area contributed by atoms with Gasteiger partial charge in [-0.1, -0.05) is 33.1 Å². The molecule has 1 fully saturated rings. The van der Waals surface area contributed by atoms with Gasteiger partial charge in [0.05, 0.1) is 6.61 Å². The van der Waals surface area contributed by atoms with Crippen LogP contribution in [0.3, 0.4) is 0 Å². The number of rotatable bonds is 11. The van der Waals surface area contributed by atoms with E-state index in [-0.39, 0.29) is 6.61 Å². The molecule has 2 atom stereocenters. The highest BCUT2D eigenvalue weighted by atomic mass is 16.5. The van der Waals surface area contributed by atoms with Crippen LogP contribution in [0.5, 0.6) is 0 Å². The van der Waals surface area contributed by atoms with Gasteiger partial charge in [0.15, 0.2) is 0 Å². The van der Waals surface area contributed by atoms with Crippen LogP contribution < -0.4 is 5.32 Å². The van der Waals surface area contributed by atoms with Crippen LogP contribution in [0.4, 0.5) is 0 Å². The van der Waals surface area contributed by atoms with Gasteiger partial charge in [-0.25, -0.2) is 0 Å². The molecule has 1 saturated carbocycles. The van der Waals surface area contributed by atoms with Crippen molar-refractivity contribution in [2.45, 2.75) is 64.5 Å². The average Bonchev–Trinajstić information content (AvgIpc) is 3.15. The monoisotopic (exact) mass is 257 g/mol. The van der Waals surface area contributed by atoms with Crippen LogP contribution in [0.2, 0.25) is 0 Å². The maximum atomic E-state index is 11.0. The lowest BCUT2D eigenvalue weighted by Gasteiger charge is -2.18. The standard InChI is InChI=1S/C14H27NO3/c1-3-5-6-11(4-2)9-18-10-13(14(16)17)15-12-7-8-12/h11-13,15H,3-10H2,1-2H3,(H,16,17). The normalized spacial score (nSPS) is 18.6. The fourth-order valence-corrected chi connectivity index (χ4v) is 1.98. The van der Waals surface area contributed by atoms with Crippen molar-refractivity contribution < 1.29 is 14.6 Å².